The molecule has 1 aliphatic heterocycles. The third kappa shape index (κ3) is 4.00. The molecule has 13 nitrogen and oxygen atoms in total. The van der Waals surface area contributed by atoms with Gasteiger partial charge in [0, 0.05) is 25.7 Å². The van der Waals surface area contributed by atoms with Crippen molar-refractivity contribution >= 4 is 42.9 Å². The fourth-order valence-electron chi connectivity index (χ4n) is 3.58. The third-order valence-electron chi connectivity index (χ3n) is 5.04. The largest absolute Gasteiger partial charge is 0.369 e. The van der Waals surface area contributed by atoms with E-state index < -0.39 is 29.8 Å². The normalized spacial score (nSPS) is 14.2. The van der Waals surface area contributed by atoms with Crippen LogP contribution < -0.4 is 21.3 Å². The Hall–Kier alpha value is -3.24. The summed E-state index contributed by atoms with van der Waals surface area (Å²) in [4.78, 5) is 7.32. The quantitative estimate of drug-likeness (QED) is 0.351. The first-order chi connectivity index (χ1) is 15.6. The van der Waals surface area contributed by atoms with Gasteiger partial charge in [-0.2, -0.15) is 5.11 Å². The summed E-state index contributed by atoms with van der Waals surface area (Å²) in [6, 6.07) is 7.86. The number of anilines is 1. The van der Waals surface area contributed by atoms with E-state index >= 15 is 0 Å². The summed E-state index contributed by atoms with van der Waals surface area (Å²) in [5, 5.41) is 13.2. The van der Waals surface area contributed by atoms with Crippen molar-refractivity contribution in [1.29, 1.82) is 0 Å². The number of para-hydroxylation sites is 1. The fourth-order valence-corrected chi connectivity index (χ4v) is 6.23. The van der Waals surface area contributed by atoms with E-state index in [2.05, 4.69) is 24.9 Å². The number of nitrogen functional groups attached to an aromatic ring is 1. The zero-order valence-corrected chi connectivity index (χ0v) is 19.1. The molecule has 2 aromatic carbocycles. The highest BCUT2D eigenvalue weighted by Gasteiger charge is 2.33. The molecule has 4 rings (SSSR count). The zero-order valence-electron chi connectivity index (χ0n) is 17.4. The summed E-state index contributed by atoms with van der Waals surface area (Å²) in [6.07, 6.45) is 0. The Morgan fingerprint density at radius 1 is 1.12 bits per heavy atom. The maximum absolute atomic E-state index is 12.9. The number of primary sulfonamides is 1. The topological polar surface area (TPSA) is 213 Å². The molecule has 2 heterocycles. The van der Waals surface area contributed by atoms with Gasteiger partial charge in [-0.05, 0) is 17.7 Å². The number of azo groups is 1. The average molecular weight is 492 g/mol. The van der Waals surface area contributed by atoms with Gasteiger partial charge in [0.1, 0.15) is 9.79 Å². The maximum Gasteiger partial charge on any atom is 0.241 e. The molecule has 1 aliphatic rings. The van der Waals surface area contributed by atoms with Crippen molar-refractivity contribution in [3.63, 3.8) is 0 Å². The van der Waals surface area contributed by atoms with Crippen LogP contribution in [0.2, 0.25) is 0 Å². The molecule has 0 saturated carbocycles. The maximum atomic E-state index is 12.9. The highest BCUT2D eigenvalue weighted by Crippen LogP contribution is 2.37. The van der Waals surface area contributed by atoms with Crippen LogP contribution in [0.3, 0.4) is 0 Å². The van der Waals surface area contributed by atoms with Crippen molar-refractivity contribution in [1.82, 2.24) is 14.3 Å². The minimum atomic E-state index is -4.58. The molecule has 0 fully saturated rings. The number of hydrogen-bond acceptors (Lipinski definition) is 10. The van der Waals surface area contributed by atoms with E-state index in [1.807, 2.05) is 0 Å². The molecule has 7 N–H and O–H groups in total. The number of sulfonamides is 2. The van der Waals surface area contributed by atoms with Gasteiger partial charge in [0.25, 0.3) is 0 Å². The van der Waals surface area contributed by atoms with Gasteiger partial charge in [-0.3, -0.25) is 0 Å². The lowest BCUT2D eigenvalue weighted by molar-refractivity contribution is 0.573. The lowest BCUT2D eigenvalue weighted by Gasteiger charge is -2.17. The molecule has 0 bridgehead atoms. The predicted molar refractivity (Wildman–Crippen MR) is 122 cm³/mol. The summed E-state index contributed by atoms with van der Waals surface area (Å²) in [6.45, 7) is -0.127. The first kappa shape index (κ1) is 22.9. The molecule has 174 valence electrons. The Morgan fingerprint density at radius 3 is 2.52 bits per heavy atom. The molecule has 0 atom stereocenters. The smallest absolute Gasteiger partial charge is 0.241 e. The highest BCUT2D eigenvalue weighted by atomic mass is 32.2. The molecule has 15 heteroatoms. The summed E-state index contributed by atoms with van der Waals surface area (Å²) < 4.78 is 55.3. The number of imidazole rings is 1. The number of amidine groups is 1. The number of hydrogen-bond donors (Lipinski definition) is 4. The number of benzene rings is 2. The van der Waals surface area contributed by atoms with Gasteiger partial charge in [-0.25, -0.2) is 36.7 Å². The molecule has 33 heavy (non-hydrogen) atoms. The number of nitrogens with two attached hydrogens (primary N) is 3. The SMILES string of the molecule is Cn1c(N)nc2c(-c3ccc(S(=O)(=O)NCCN)c(S(N)(=O)=O)c3C3=NCN=N3)cccc21. The standard InChI is InChI=1S/C18H21N9O4S2/c1-27-12-4-2-3-11(15(12)25-18(27)20)10-5-6-13(33(30,31)24-8-7-19)16(32(21,28)29)14(10)17-22-9-23-26-17/h2-6,24H,7-9,19H2,1H3,(H2,20,25)(H2,21,28,29). The molecule has 0 unspecified atom stereocenters. The van der Waals surface area contributed by atoms with Crippen LogP contribution in [0.25, 0.3) is 22.2 Å². The van der Waals surface area contributed by atoms with Crippen LogP contribution >= 0.6 is 0 Å². The number of fused-ring (bicyclic) bond motifs is 1. The lowest BCUT2D eigenvalue weighted by atomic mass is 9.97. The molecule has 0 aliphatic carbocycles. The molecule has 3 aromatic rings. The van der Waals surface area contributed by atoms with Crippen molar-refractivity contribution < 1.29 is 16.8 Å². The Balaban J connectivity index is 2.13. The zero-order chi connectivity index (χ0) is 24.0. The van der Waals surface area contributed by atoms with Crippen molar-refractivity contribution in [2.75, 3.05) is 25.5 Å². The molecule has 0 saturated heterocycles. The number of nitrogens with zero attached hydrogens (tertiary/aromatic N) is 5. The number of nitrogens with one attached hydrogen (secondary N) is 1. The Morgan fingerprint density at radius 2 is 1.88 bits per heavy atom. The van der Waals surface area contributed by atoms with E-state index in [0.29, 0.717) is 22.2 Å². The minimum Gasteiger partial charge on any atom is -0.369 e. The van der Waals surface area contributed by atoms with Gasteiger partial charge in [-0.1, -0.05) is 18.2 Å². The summed E-state index contributed by atoms with van der Waals surface area (Å²) in [7, 11) is -7.13. The molecule has 0 amide bonds. The average Bonchev–Trinajstić information content (AvgIpc) is 3.39. The monoisotopic (exact) mass is 491 g/mol. The van der Waals surface area contributed by atoms with E-state index in [-0.39, 0.29) is 37.1 Å². The predicted octanol–water partition coefficient (Wildman–Crippen LogP) is -0.123. The molecule has 1 aromatic heterocycles. The minimum absolute atomic E-state index is 0.0128. The van der Waals surface area contributed by atoms with Gasteiger partial charge in [0.15, 0.2) is 12.5 Å². The van der Waals surface area contributed by atoms with Crippen molar-refractivity contribution in [2.24, 2.45) is 33.1 Å². The van der Waals surface area contributed by atoms with Gasteiger partial charge in [0.05, 0.1) is 16.6 Å². The van der Waals surface area contributed by atoms with Crippen LogP contribution in [0.4, 0.5) is 5.95 Å². The summed E-state index contributed by atoms with van der Waals surface area (Å²) in [5.74, 6) is 0.180. The Kier molecular flexibility index (Phi) is 5.75. The second-order valence-electron chi connectivity index (χ2n) is 7.11. The van der Waals surface area contributed by atoms with Crippen LogP contribution in [0.15, 0.2) is 55.3 Å². The van der Waals surface area contributed by atoms with Gasteiger partial charge in [-0.15, -0.1) is 5.11 Å². The molecule has 0 radical (unpaired) electrons. The van der Waals surface area contributed by atoms with Crippen LogP contribution in [-0.4, -0.2) is 52.0 Å². The number of rotatable bonds is 7. The molecule has 0 spiro atoms. The fraction of sp³-hybridized carbons (Fsp3) is 0.222. The first-order valence-electron chi connectivity index (χ1n) is 9.59. The summed E-state index contributed by atoms with van der Waals surface area (Å²) >= 11 is 0. The second kappa shape index (κ2) is 8.27. The first-order valence-corrected chi connectivity index (χ1v) is 12.6. The number of aliphatic imine (C=N–C) groups is 1. The Bertz CT molecular complexity index is 1540. The van der Waals surface area contributed by atoms with Crippen LogP contribution in [-0.2, 0) is 27.1 Å². The van der Waals surface area contributed by atoms with E-state index in [1.54, 1.807) is 29.8 Å². The van der Waals surface area contributed by atoms with E-state index in [4.69, 9.17) is 16.6 Å². The van der Waals surface area contributed by atoms with Gasteiger partial charge < -0.3 is 16.0 Å². The summed E-state index contributed by atoms with van der Waals surface area (Å²) in [5.41, 5.74) is 13.2. The van der Waals surface area contributed by atoms with Gasteiger partial charge >= 0.3 is 0 Å². The van der Waals surface area contributed by atoms with Crippen molar-refractivity contribution in [2.45, 2.75) is 9.79 Å². The number of aryl methyl sites for hydroxylation is 1. The van der Waals surface area contributed by atoms with Crippen LogP contribution in [0.1, 0.15) is 5.56 Å². The van der Waals surface area contributed by atoms with E-state index in [0.717, 1.165) is 6.07 Å². The molecular formula is C18H21N9O4S2. The Labute approximate surface area is 189 Å². The van der Waals surface area contributed by atoms with E-state index in [9.17, 15) is 16.8 Å². The lowest BCUT2D eigenvalue weighted by Crippen LogP contribution is -2.31. The van der Waals surface area contributed by atoms with Crippen molar-refractivity contribution in [3.05, 3.63) is 35.9 Å². The van der Waals surface area contributed by atoms with Crippen LogP contribution in [0.5, 0.6) is 0 Å². The third-order valence-corrected chi connectivity index (χ3v) is 7.67. The van der Waals surface area contributed by atoms with Crippen molar-refractivity contribution in [3.8, 4) is 11.1 Å². The number of aromatic nitrogens is 2. The highest BCUT2D eigenvalue weighted by molar-refractivity contribution is 7.92. The van der Waals surface area contributed by atoms with Gasteiger partial charge in [0.2, 0.25) is 26.0 Å². The van der Waals surface area contributed by atoms with E-state index in [1.165, 1.54) is 6.07 Å². The second-order valence-corrected chi connectivity index (χ2v) is 10.3. The molecular weight excluding hydrogens is 470 g/mol. The van der Waals surface area contributed by atoms with Crippen LogP contribution in [0, 0.1) is 0 Å².